The van der Waals surface area contributed by atoms with Crippen molar-refractivity contribution in [3.63, 3.8) is 0 Å². The first kappa shape index (κ1) is 16.3. The van der Waals surface area contributed by atoms with Gasteiger partial charge in [0.05, 0.1) is 19.6 Å². The molecule has 5 nitrogen and oxygen atoms in total. The molecule has 0 saturated carbocycles. The second kappa shape index (κ2) is 7.79. The van der Waals surface area contributed by atoms with Crippen LogP contribution >= 0.6 is 11.3 Å². The Labute approximate surface area is 144 Å². The maximum Gasteiger partial charge on any atom is 0.224 e. The zero-order valence-corrected chi connectivity index (χ0v) is 14.2. The van der Waals surface area contributed by atoms with Crippen LogP contribution in [0.3, 0.4) is 0 Å². The molecule has 0 bridgehead atoms. The Kier molecular flexibility index (Phi) is 5.28. The summed E-state index contributed by atoms with van der Waals surface area (Å²) in [6.45, 7) is 0.501. The molecule has 0 saturated heterocycles. The maximum absolute atomic E-state index is 12.3. The summed E-state index contributed by atoms with van der Waals surface area (Å²) in [6.07, 6.45) is 3.99. The van der Waals surface area contributed by atoms with Crippen LogP contribution < -0.4 is 10.1 Å². The van der Waals surface area contributed by atoms with E-state index in [1.54, 1.807) is 24.6 Å². The van der Waals surface area contributed by atoms with E-state index in [4.69, 9.17) is 4.74 Å². The number of hydrogen-bond acceptors (Lipinski definition) is 4. The number of ether oxygens (including phenoxy) is 1. The van der Waals surface area contributed by atoms with E-state index in [9.17, 15) is 4.79 Å². The number of benzene rings is 1. The van der Waals surface area contributed by atoms with Crippen LogP contribution in [0.25, 0.3) is 0 Å². The summed E-state index contributed by atoms with van der Waals surface area (Å²) in [5.74, 6) is 0.739. The van der Waals surface area contributed by atoms with Crippen molar-refractivity contribution in [3.05, 3.63) is 70.7 Å². The fourth-order valence-corrected chi connectivity index (χ4v) is 3.24. The van der Waals surface area contributed by atoms with Crippen LogP contribution in [-0.4, -0.2) is 29.3 Å². The van der Waals surface area contributed by atoms with Crippen molar-refractivity contribution in [2.24, 2.45) is 0 Å². The minimum atomic E-state index is -0.0179. The van der Waals surface area contributed by atoms with E-state index in [0.717, 1.165) is 16.9 Å². The second-order valence-corrected chi connectivity index (χ2v) is 6.17. The fraction of sp³-hybridized carbons (Fsp3) is 0.222. The van der Waals surface area contributed by atoms with Crippen molar-refractivity contribution in [2.75, 3.05) is 13.7 Å². The number of nitrogens with one attached hydrogen (secondary N) is 1. The smallest absolute Gasteiger partial charge is 0.224 e. The van der Waals surface area contributed by atoms with E-state index >= 15 is 0 Å². The summed E-state index contributed by atoms with van der Waals surface area (Å²) < 4.78 is 7.06. The molecule has 2 aromatic heterocycles. The summed E-state index contributed by atoms with van der Waals surface area (Å²) in [7, 11) is 1.62. The zero-order chi connectivity index (χ0) is 16.8. The number of nitrogens with zero attached hydrogens (tertiary/aromatic N) is 2. The molecule has 6 heteroatoms. The summed E-state index contributed by atoms with van der Waals surface area (Å²) in [5, 5.41) is 11.4. The van der Waals surface area contributed by atoms with E-state index in [1.807, 2.05) is 46.6 Å². The van der Waals surface area contributed by atoms with Gasteiger partial charge in [0.2, 0.25) is 5.91 Å². The van der Waals surface area contributed by atoms with Crippen LogP contribution in [0.1, 0.15) is 17.2 Å². The third kappa shape index (κ3) is 4.02. The molecule has 1 unspecified atom stereocenters. The summed E-state index contributed by atoms with van der Waals surface area (Å²) >= 11 is 1.64. The molecular formula is C18H19N3O2S. The summed E-state index contributed by atoms with van der Waals surface area (Å²) in [5.41, 5.74) is 2.07. The number of methoxy groups -OCH3 is 1. The minimum Gasteiger partial charge on any atom is -0.497 e. The topological polar surface area (TPSA) is 56.1 Å². The zero-order valence-electron chi connectivity index (χ0n) is 13.4. The van der Waals surface area contributed by atoms with Crippen molar-refractivity contribution < 1.29 is 9.53 Å². The lowest BCUT2D eigenvalue weighted by atomic mass is 10.1. The van der Waals surface area contributed by atoms with Gasteiger partial charge in [0.1, 0.15) is 5.75 Å². The fourth-order valence-electron chi connectivity index (χ4n) is 2.53. The van der Waals surface area contributed by atoms with Gasteiger partial charge in [-0.2, -0.15) is 16.4 Å². The highest BCUT2D eigenvalue weighted by atomic mass is 32.1. The third-order valence-electron chi connectivity index (χ3n) is 3.76. The molecule has 24 heavy (non-hydrogen) atoms. The first-order valence-corrected chi connectivity index (χ1v) is 8.61. The Morgan fingerprint density at radius 2 is 2.29 bits per heavy atom. The quantitative estimate of drug-likeness (QED) is 0.719. The van der Waals surface area contributed by atoms with Gasteiger partial charge in [0, 0.05) is 18.9 Å². The van der Waals surface area contributed by atoms with E-state index < -0.39 is 0 Å². The first-order valence-electron chi connectivity index (χ1n) is 7.67. The molecule has 3 aromatic rings. The number of carbonyl (C=O) groups excluding carboxylic acids is 1. The van der Waals surface area contributed by atoms with Gasteiger partial charge in [-0.05, 0) is 46.2 Å². The molecule has 0 radical (unpaired) electrons. The van der Waals surface area contributed by atoms with Crippen molar-refractivity contribution in [1.82, 2.24) is 15.1 Å². The Bertz CT molecular complexity index is 735. The Balaban J connectivity index is 1.63. The van der Waals surface area contributed by atoms with Gasteiger partial charge >= 0.3 is 0 Å². The van der Waals surface area contributed by atoms with Gasteiger partial charge in [-0.15, -0.1) is 0 Å². The average Bonchev–Trinajstić information content (AvgIpc) is 3.29. The van der Waals surface area contributed by atoms with Gasteiger partial charge < -0.3 is 10.1 Å². The predicted octanol–water partition coefficient (Wildman–Crippen LogP) is 2.90. The molecule has 1 amide bonds. The summed E-state index contributed by atoms with van der Waals surface area (Å²) in [6, 6.07) is 11.5. The molecule has 2 heterocycles. The Morgan fingerprint density at radius 3 is 3.00 bits per heavy atom. The molecule has 1 N–H and O–H groups in total. The molecule has 0 aliphatic carbocycles. The number of aromatic nitrogens is 2. The number of thiophene rings is 1. The molecular weight excluding hydrogens is 322 g/mol. The van der Waals surface area contributed by atoms with Crippen LogP contribution in [0.4, 0.5) is 0 Å². The first-order chi connectivity index (χ1) is 11.8. The van der Waals surface area contributed by atoms with Gasteiger partial charge in [0.25, 0.3) is 0 Å². The molecule has 0 fully saturated rings. The van der Waals surface area contributed by atoms with E-state index in [1.165, 1.54) is 0 Å². The van der Waals surface area contributed by atoms with Crippen molar-refractivity contribution in [2.45, 2.75) is 12.5 Å². The molecule has 124 valence electrons. The van der Waals surface area contributed by atoms with Crippen molar-refractivity contribution >= 4 is 17.2 Å². The van der Waals surface area contributed by atoms with E-state index in [-0.39, 0.29) is 11.9 Å². The van der Waals surface area contributed by atoms with E-state index in [0.29, 0.717) is 13.0 Å². The molecule has 1 atom stereocenters. The SMILES string of the molecule is COc1cccc(CC(=O)NCC(c2ccsc2)n2cccn2)c1. The lowest BCUT2D eigenvalue weighted by molar-refractivity contribution is -0.120. The lowest BCUT2D eigenvalue weighted by Crippen LogP contribution is -2.32. The normalized spacial score (nSPS) is 11.9. The van der Waals surface area contributed by atoms with Crippen LogP contribution in [0.2, 0.25) is 0 Å². The standard InChI is InChI=1S/C18H19N3O2S/c1-23-16-5-2-4-14(10-16)11-18(22)19-12-17(15-6-9-24-13-15)21-8-3-7-20-21/h2-10,13,17H,11-12H2,1H3,(H,19,22). The number of rotatable bonds is 7. The van der Waals surface area contributed by atoms with Crippen LogP contribution in [0.15, 0.2) is 59.6 Å². The predicted molar refractivity (Wildman–Crippen MR) is 94.4 cm³/mol. The largest absolute Gasteiger partial charge is 0.497 e. The minimum absolute atomic E-state index is 0.000472. The average molecular weight is 341 g/mol. The second-order valence-electron chi connectivity index (χ2n) is 5.39. The highest BCUT2D eigenvalue weighted by Gasteiger charge is 2.16. The molecule has 0 aliphatic heterocycles. The molecule has 1 aromatic carbocycles. The highest BCUT2D eigenvalue weighted by Crippen LogP contribution is 2.19. The van der Waals surface area contributed by atoms with Gasteiger partial charge in [-0.3, -0.25) is 9.48 Å². The van der Waals surface area contributed by atoms with Crippen LogP contribution in [-0.2, 0) is 11.2 Å². The van der Waals surface area contributed by atoms with Crippen LogP contribution in [0.5, 0.6) is 5.75 Å². The Hall–Kier alpha value is -2.60. The lowest BCUT2D eigenvalue weighted by Gasteiger charge is -2.17. The van der Waals surface area contributed by atoms with Crippen molar-refractivity contribution in [1.29, 1.82) is 0 Å². The number of amides is 1. The monoisotopic (exact) mass is 341 g/mol. The van der Waals surface area contributed by atoms with Gasteiger partial charge in [-0.25, -0.2) is 0 Å². The maximum atomic E-state index is 12.3. The van der Waals surface area contributed by atoms with Crippen LogP contribution in [0, 0.1) is 0 Å². The third-order valence-corrected chi connectivity index (χ3v) is 4.47. The van der Waals surface area contributed by atoms with Gasteiger partial charge in [-0.1, -0.05) is 12.1 Å². The number of carbonyl (C=O) groups is 1. The number of hydrogen-bond donors (Lipinski definition) is 1. The molecule has 0 spiro atoms. The summed E-state index contributed by atoms with van der Waals surface area (Å²) in [4.78, 5) is 12.3. The van der Waals surface area contributed by atoms with Gasteiger partial charge in [0.15, 0.2) is 0 Å². The van der Waals surface area contributed by atoms with E-state index in [2.05, 4.69) is 21.9 Å². The van der Waals surface area contributed by atoms with Crippen molar-refractivity contribution in [3.8, 4) is 5.75 Å². The Morgan fingerprint density at radius 1 is 1.38 bits per heavy atom. The molecule has 3 rings (SSSR count). The highest BCUT2D eigenvalue weighted by molar-refractivity contribution is 7.07. The molecule has 0 aliphatic rings.